The highest BCUT2D eigenvalue weighted by molar-refractivity contribution is 7.21. The molecule has 1 saturated heterocycles. The lowest BCUT2D eigenvalue weighted by molar-refractivity contribution is 0.0938. The third-order valence-corrected chi connectivity index (χ3v) is 7.56. The summed E-state index contributed by atoms with van der Waals surface area (Å²) < 4.78 is 14.9. The molecular formula is C23H25FN6O3S. The smallest absolute Gasteiger partial charge is 0.407 e. The number of nitrogens with two attached hydrogens (primary N) is 1. The monoisotopic (exact) mass is 484 g/mol. The fourth-order valence-electron chi connectivity index (χ4n) is 4.59. The lowest BCUT2D eigenvalue weighted by Gasteiger charge is -2.34. The second-order valence-electron chi connectivity index (χ2n) is 8.72. The Kier molecular flexibility index (Phi) is 5.72. The summed E-state index contributed by atoms with van der Waals surface area (Å²) in [6.45, 7) is 3.33. The maximum atomic E-state index is 14.9. The first kappa shape index (κ1) is 22.3. The number of nitrogens with zero attached hydrogens (tertiary/aromatic N) is 4. The first-order chi connectivity index (χ1) is 16.3. The normalized spacial score (nSPS) is 18.1. The van der Waals surface area contributed by atoms with Crippen LogP contribution < -0.4 is 16.0 Å². The number of amides is 2. The van der Waals surface area contributed by atoms with Crippen LogP contribution in [0.25, 0.3) is 10.2 Å². The van der Waals surface area contributed by atoms with Crippen LogP contribution in [0.1, 0.15) is 33.0 Å². The molecule has 4 heterocycles. The van der Waals surface area contributed by atoms with Crippen LogP contribution in [0.15, 0.2) is 18.2 Å². The summed E-state index contributed by atoms with van der Waals surface area (Å²) in [5.74, 6) is -0.398. The van der Waals surface area contributed by atoms with Gasteiger partial charge < -0.3 is 26.0 Å². The molecule has 2 aliphatic rings. The largest absolute Gasteiger partial charge is 0.465 e. The maximum Gasteiger partial charge on any atom is 0.407 e. The lowest BCUT2D eigenvalue weighted by Crippen LogP contribution is -2.49. The van der Waals surface area contributed by atoms with E-state index in [1.807, 2.05) is 19.1 Å². The van der Waals surface area contributed by atoms with E-state index < -0.39 is 11.9 Å². The number of aryl methyl sites for hydroxylation is 2. The number of halogens is 1. The highest BCUT2D eigenvalue weighted by Gasteiger charge is 2.28. The molecule has 34 heavy (non-hydrogen) atoms. The highest BCUT2D eigenvalue weighted by Crippen LogP contribution is 2.33. The summed E-state index contributed by atoms with van der Waals surface area (Å²) in [4.78, 5) is 37.4. The van der Waals surface area contributed by atoms with Gasteiger partial charge >= 0.3 is 6.09 Å². The number of nitrogen functional groups attached to an aromatic ring is 1. The number of carboxylic acid groups (broad SMARTS) is 1. The summed E-state index contributed by atoms with van der Waals surface area (Å²) in [5.41, 5.74) is 9.11. The molecule has 5 rings (SSSR count). The van der Waals surface area contributed by atoms with Crippen molar-refractivity contribution in [2.75, 3.05) is 36.8 Å². The van der Waals surface area contributed by atoms with Crippen LogP contribution in [-0.2, 0) is 12.8 Å². The van der Waals surface area contributed by atoms with Gasteiger partial charge in [0, 0.05) is 49.0 Å². The van der Waals surface area contributed by atoms with Gasteiger partial charge in [-0.2, -0.15) is 0 Å². The Labute approximate surface area is 199 Å². The van der Waals surface area contributed by atoms with Gasteiger partial charge in [-0.25, -0.2) is 19.2 Å². The van der Waals surface area contributed by atoms with Crippen LogP contribution in [0.5, 0.6) is 0 Å². The average molecular weight is 485 g/mol. The van der Waals surface area contributed by atoms with Crippen molar-refractivity contribution in [3.05, 3.63) is 45.8 Å². The second-order valence-corrected chi connectivity index (χ2v) is 9.72. The van der Waals surface area contributed by atoms with Gasteiger partial charge in [0.2, 0.25) is 0 Å². The predicted molar refractivity (Wildman–Crippen MR) is 128 cm³/mol. The Hall–Kier alpha value is -3.47. The van der Waals surface area contributed by atoms with E-state index in [0.29, 0.717) is 56.0 Å². The molecule has 0 spiro atoms. The van der Waals surface area contributed by atoms with Crippen LogP contribution >= 0.6 is 11.3 Å². The number of aromatic nitrogens is 2. The van der Waals surface area contributed by atoms with Crippen molar-refractivity contribution in [2.24, 2.45) is 0 Å². The number of rotatable bonds is 3. The van der Waals surface area contributed by atoms with Crippen LogP contribution in [-0.4, -0.2) is 64.2 Å². The molecule has 3 aromatic heterocycles. The third kappa shape index (κ3) is 4.11. The molecule has 0 unspecified atom stereocenters. The maximum absolute atomic E-state index is 14.9. The molecule has 0 bridgehead atoms. The van der Waals surface area contributed by atoms with Crippen molar-refractivity contribution < 1.29 is 19.1 Å². The minimum Gasteiger partial charge on any atom is -0.465 e. The number of anilines is 2. The summed E-state index contributed by atoms with van der Waals surface area (Å²) >= 11 is 1.28. The molecule has 0 radical (unpaired) electrons. The van der Waals surface area contributed by atoms with E-state index in [9.17, 15) is 14.0 Å². The summed E-state index contributed by atoms with van der Waals surface area (Å²) in [7, 11) is 0. The van der Waals surface area contributed by atoms with Crippen molar-refractivity contribution in [3.8, 4) is 0 Å². The quantitative estimate of drug-likeness (QED) is 0.522. The predicted octanol–water partition coefficient (Wildman–Crippen LogP) is 2.81. The molecule has 3 aromatic rings. The van der Waals surface area contributed by atoms with Gasteiger partial charge in [0.05, 0.1) is 5.69 Å². The molecule has 0 aromatic carbocycles. The van der Waals surface area contributed by atoms with Crippen molar-refractivity contribution in [2.45, 2.75) is 32.2 Å². The minimum atomic E-state index is -0.963. The molecule has 9 nitrogen and oxygen atoms in total. The molecule has 11 heteroatoms. The third-order valence-electron chi connectivity index (χ3n) is 6.45. The Bertz CT molecular complexity index is 1290. The molecule has 4 N–H and O–H groups in total. The van der Waals surface area contributed by atoms with E-state index in [4.69, 9.17) is 10.8 Å². The average Bonchev–Trinajstić information content (AvgIpc) is 3.14. The van der Waals surface area contributed by atoms with E-state index in [-0.39, 0.29) is 17.8 Å². The second kappa shape index (κ2) is 8.71. The first-order valence-electron chi connectivity index (χ1n) is 11.2. The van der Waals surface area contributed by atoms with E-state index in [1.54, 1.807) is 4.90 Å². The van der Waals surface area contributed by atoms with Crippen LogP contribution in [0.2, 0.25) is 0 Å². The zero-order valence-corrected chi connectivity index (χ0v) is 19.5. The molecule has 1 aliphatic heterocycles. The SMILES string of the molecule is Cc1ccc2c(N)c(C(=O)N[C@H]3CCc4nc(N5CCN(C(=O)O)CC5)c(F)cc4C3)sc2n1. The van der Waals surface area contributed by atoms with Crippen LogP contribution in [0.3, 0.4) is 0 Å². The van der Waals surface area contributed by atoms with Gasteiger partial charge in [0.15, 0.2) is 11.6 Å². The summed E-state index contributed by atoms with van der Waals surface area (Å²) in [5, 5.41) is 12.9. The fraction of sp³-hybridized carbons (Fsp3) is 0.391. The van der Waals surface area contributed by atoms with E-state index in [2.05, 4.69) is 15.3 Å². The van der Waals surface area contributed by atoms with Gasteiger partial charge in [0.25, 0.3) is 5.91 Å². The van der Waals surface area contributed by atoms with E-state index >= 15 is 0 Å². The van der Waals surface area contributed by atoms with E-state index in [0.717, 1.165) is 27.2 Å². The van der Waals surface area contributed by atoms with Gasteiger partial charge in [-0.3, -0.25) is 4.79 Å². The van der Waals surface area contributed by atoms with Gasteiger partial charge in [-0.05, 0) is 49.9 Å². The molecule has 1 fully saturated rings. The Morgan fingerprint density at radius 3 is 2.74 bits per heavy atom. The van der Waals surface area contributed by atoms with Gasteiger partial charge in [0.1, 0.15) is 9.71 Å². The number of hydrogen-bond donors (Lipinski definition) is 3. The number of fused-ring (bicyclic) bond motifs is 2. The summed E-state index contributed by atoms with van der Waals surface area (Å²) in [6.07, 6.45) is 0.826. The fourth-order valence-corrected chi connectivity index (χ4v) is 5.63. The summed E-state index contributed by atoms with van der Waals surface area (Å²) in [6, 6.07) is 5.10. The number of nitrogens with one attached hydrogen (secondary N) is 1. The standard InChI is InChI=1S/C23H25FN6O3S/c1-12-2-4-15-18(25)19(34-22(15)26-12)21(31)27-14-3-5-17-13(10-14)11-16(24)20(28-17)29-6-8-30(9-7-29)23(32)33/h2,4,11,14H,3,5-10,25H2,1H3,(H,27,31)(H,32,33)/t14-/m0/s1. The molecule has 178 valence electrons. The van der Waals surface area contributed by atoms with Crippen molar-refractivity contribution >= 4 is 45.1 Å². The van der Waals surface area contributed by atoms with E-state index in [1.165, 1.54) is 22.3 Å². The number of carbonyl (C=O) groups is 2. The lowest BCUT2D eigenvalue weighted by atomic mass is 9.91. The molecular weight excluding hydrogens is 459 g/mol. The van der Waals surface area contributed by atoms with Crippen molar-refractivity contribution in [1.82, 2.24) is 20.2 Å². The zero-order valence-electron chi connectivity index (χ0n) is 18.7. The number of piperazine rings is 1. The van der Waals surface area contributed by atoms with Gasteiger partial charge in [-0.1, -0.05) is 0 Å². The zero-order chi connectivity index (χ0) is 24.0. The number of thiophene rings is 1. The topological polar surface area (TPSA) is 125 Å². The van der Waals surface area contributed by atoms with Crippen molar-refractivity contribution in [3.63, 3.8) is 0 Å². The van der Waals surface area contributed by atoms with Crippen LogP contribution in [0.4, 0.5) is 20.7 Å². The highest BCUT2D eigenvalue weighted by atomic mass is 32.1. The minimum absolute atomic E-state index is 0.148. The van der Waals surface area contributed by atoms with Crippen LogP contribution in [0, 0.1) is 12.7 Å². The Morgan fingerprint density at radius 1 is 1.24 bits per heavy atom. The molecule has 0 saturated carbocycles. The molecule has 1 atom stereocenters. The molecule has 1 aliphatic carbocycles. The Balaban J connectivity index is 1.28. The first-order valence-corrected chi connectivity index (χ1v) is 12.0. The Morgan fingerprint density at radius 2 is 2.00 bits per heavy atom. The number of pyridine rings is 2. The number of hydrogen-bond acceptors (Lipinski definition) is 7. The number of carbonyl (C=O) groups excluding carboxylic acids is 1. The molecule has 2 amide bonds. The van der Waals surface area contributed by atoms with Crippen molar-refractivity contribution in [1.29, 1.82) is 0 Å². The van der Waals surface area contributed by atoms with Gasteiger partial charge in [-0.15, -0.1) is 11.3 Å².